The van der Waals surface area contributed by atoms with Crippen LogP contribution < -0.4 is 5.73 Å². The lowest BCUT2D eigenvalue weighted by Gasteiger charge is -2.31. The molecule has 1 aliphatic rings. The Morgan fingerprint density at radius 2 is 2.18 bits per heavy atom. The molecule has 1 saturated heterocycles. The number of pyridine rings is 1. The average molecular weight is 254 g/mol. The lowest BCUT2D eigenvalue weighted by molar-refractivity contribution is 0.173. The lowest BCUT2D eigenvalue weighted by Crippen LogP contribution is -2.33. The van der Waals surface area contributed by atoms with Gasteiger partial charge < -0.3 is 5.73 Å². The third-order valence-corrected chi connectivity index (χ3v) is 3.85. The van der Waals surface area contributed by atoms with Crippen LogP contribution in [-0.4, -0.2) is 29.5 Å². The maximum absolute atomic E-state index is 6.07. The Morgan fingerprint density at radius 3 is 2.82 bits per heavy atom. The molecule has 1 aromatic rings. The van der Waals surface area contributed by atoms with E-state index in [0.717, 1.165) is 37.7 Å². The van der Waals surface area contributed by atoms with E-state index in [4.69, 9.17) is 17.3 Å². The summed E-state index contributed by atoms with van der Waals surface area (Å²) in [5.74, 6) is 0.820. The van der Waals surface area contributed by atoms with Crippen LogP contribution in [0.5, 0.6) is 0 Å². The molecule has 1 aromatic heterocycles. The molecule has 94 valence electrons. The third-order valence-electron chi connectivity index (χ3n) is 3.51. The lowest BCUT2D eigenvalue weighted by atomic mass is 9.93. The van der Waals surface area contributed by atoms with Gasteiger partial charge in [-0.1, -0.05) is 17.7 Å². The molecule has 1 aliphatic heterocycles. The van der Waals surface area contributed by atoms with E-state index in [0.29, 0.717) is 5.15 Å². The molecule has 3 nitrogen and oxygen atoms in total. The van der Waals surface area contributed by atoms with Gasteiger partial charge in [-0.2, -0.15) is 0 Å². The summed E-state index contributed by atoms with van der Waals surface area (Å²) in [6.07, 6.45) is 5.42. The predicted octanol–water partition coefficient (Wildman–Crippen LogP) is 2.30. The van der Waals surface area contributed by atoms with Gasteiger partial charge in [0, 0.05) is 18.3 Å². The summed E-state index contributed by atoms with van der Waals surface area (Å²) in [6.45, 7) is 4.03. The average Bonchev–Trinajstić information content (AvgIpc) is 2.35. The molecular formula is C13H20ClN3. The van der Waals surface area contributed by atoms with Crippen LogP contribution >= 0.6 is 11.6 Å². The molecular weight excluding hydrogens is 234 g/mol. The van der Waals surface area contributed by atoms with E-state index in [9.17, 15) is 0 Å². The highest BCUT2D eigenvalue weighted by Crippen LogP contribution is 2.22. The quantitative estimate of drug-likeness (QED) is 0.838. The van der Waals surface area contributed by atoms with Crippen molar-refractivity contribution >= 4 is 11.6 Å². The number of piperidine rings is 1. The van der Waals surface area contributed by atoms with Crippen LogP contribution in [0.3, 0.4) is 0 Å². The number of aromatic nitrogens is 1. The Balaban J connectivity index is 1.84. The fourth-order valence-electron chi connectivity index (χ4n) is 2.45. The Bertz CT molecular complexity index is 348. The molecule has 0 spiro atoms. The van der Waals surface area contributed by atoms with E-state index < -0.39 is 0 Å². The van der Waals surface area contributed by atoms with E-state index in [1.807, 2.05) is 6.07 Å². The highest BCUT2D eigenvalue weighted by molar-refractivity contribution is 6.30. The van der Waals surface area contributed by atoms with Gasteiger partial charge in [-0.05, 0) is 50.9 Å². The summed E-state index contributed by atoms with van der Waals surface area (Å²) in [7, 11) is 0. The molecule has 2 rings (SSSR count). The van der Waals surface area contributed by atoms with Crippen molar-refractivity contribution in [1.82, 2.24) is 9.88 Å². The van der Waals surface area contributed by atoms with Gasteiger partial charge in [-0.3, -0.25) is 4.90 Å². The van der Waals surface area contributed by atoms with E-state index in [-0.39, 0.29) is 0 Å². The SMILES string of the molecule is NCCC1CCN(Cc2cccnc2Cl)CC1. The molecule has 0 amide bonds. The number of likely N-dealkylation sites (tertiary alicyclic amines) is 1. The number of rotatable bonds is 4. The Kier molecular flexibility index (Phi) is 4.77. The van der Waals surface area contributed by atoms with Crippen molar-refractivity contribution in [1.29, 1.82) is 0 Å². The summed E-state index contributed by atoms with van der Waals surface area (Å²) in [4.78, 5) is 6.57. The topological polar surface area (TPSA) is 42.1 Å². The van der Waals surface area contributed by atoms with Crippen molar-refractivity contribution in [2.45, 2.75) is 25.8 Å². The molecule has 0 aliphatic carbocycles. The minimum Gasteiger partial charge on any atom is -0.330 e. The van der Waals surface area contributed by atoms with Gasteiger partial charge in [0.15, 0.2) is 0 Å². The molecule has 0 bridgehead atoms. The molecule has 0 atom stereocenters. The summed E-state index contributed by atoms with van der Waals surface area (Å²) in [6, 6.07) is 4.00. The number of halogens is 1. The highest BCUT2D eigenvalue weighted by atomic mass is 35.5. The molecule has 0 radical (unpaired) electrons. The summed E-state index contributed by atoms with van der Waals surface area (Å²) < 4.78 is 0. The highest BCUT2D eigenvalue weighted by Gasteiger charge is 2.19. The summed E-state index contributed by atoms with van der Waals surface area (Å²) in [5.41, 5.74) is 6.73. The fourth-order valence-corrected chi connectivity index (χ4v) is 2.63. The molecule has 0 unspecified atom stereocenters. The Morgan fingerprint density at radius 1 is 1.41 bits per heavy atom. The normalized spacial score (nSPS) is 18.5. The molecule has 0 saturated carbocycles. The van der Waals surface area contributed by atoms with Crippen LogP contribution in [0.4, 0.5) is 0 Å². The maximum atomic E-state index is 6.07. The standard InChI is InChI=1S/C13H20ClN3/c14-13-12(2-1-7-16-13)10-17-8-4-11(3-6-15)5-9-17/h1-2,7,11H,3-6,8-10,15H2. The van der Waals surface area contributed by atoms with Crippen LogP contribution in [0.1, 0.15) is 24.8 Å². The van der Waals surface area contributed by atoms with Crippen molar-refractivity contribution in [3.8, 4) is 0 Å². The van der Waals surface area contributed by atoms with E-state index >= 15 is 0 Å². The first kappa shape index (κ1) is 12.8. The van der Waals surface area contributed by atoms with E-state index in [1.54, 1.807) is 6.20 Å². The van der Waals surface area contributed by atoms with Gasteiger partial charge in [0.2, 0.25) is 0 Å². The minimum atomic E-state index is 0.636. The van der Waals surface area contributed by atoms with Crippen LogP contribution in [0.2, 0.25) is 5.15 Å². The predicted molar refractivity (Wildman–Crippen MR) is 70.9 cm³/mol. The van der Waals surface area contributed by atoms with Gasteiger partial charge in [0.25, 0.3) is 0 Å². The zero-order chi connectivity index (χ0) is 12.1. The first-order chi connectivity index (χ1) is 8.29. The van der Waals surface area contributed by atoms with Crippen LogP contribution in [0.25, 0.3) is 0 Å². The van der Waals surface area contributed by atoms with Crippen molar-refractivity contribution in [2.24, 2.45) is 11.7 Å². The van der Waals surface area contributed by atoms with Crippen LogP contribution in [0.15, 0.2) is 18.3 Å². The first-order valence-electron chi connectivity index (χ1n) is 6.31. The number of nitrogens with zero attached hydrogens (tertiary/aromatic N) is 2. The minimum absolute atomic E-state index is 0.636. The van der Waals surface area contributed by atoms with Crippen LogP contribution in [0, 0.1) is 5.92 Å². The zero-order valence-corrected chi connectivity index (χ0v) is 10.9. The van der Waals surface area contributed by atoms with E-state index in [2.05, 4.69) is 16.0 Å². The van der Waals surface area contributed by atoms with Crippen LogP contribution in [-0.2, 0) is 6.54 Å². The summed E-state index contributed by atoms with van der Waals surface area (Å²) >= 11 is 6.07. The fraction of sp³-hybridized carbons (Fsp3) is 0.615. The largest absolute Gasteiger partial charge is 0.330 e. The second-order valence-electron chi connectivity index (χ2n) is 4.75. The zero-order valence-electron chi connectivity index (χ0n) is 10.1. The van der Waals surface area contributed by atoms with Crippen molar-refractivity contribution in [2.75, 3.05) is 19.6 Å². The van der Waals surface area contributed by atoms with Gasteiger partial charge in [-0.25, -0.2) is 4.98 Å². The number of hydrogen-bond donors (Lipinski definition) is 1. The molecule has 2 N–H and O–H groups in total. The van der Waals surface area contributed by atoms with E-state index in [1.165, 1.54) is 19.3 Å². The molecule has 2 heterocycles. The molecule has 17 heavy (non-hydrogen) atoms. The van der Waals surface area contributed by atoms with Crippen molar-refractivity contribution in [3.63, 3.8) is 0 Å². The Hall–Kier alpha value is -0.640. The second-order valence-corrected chi connectivity index (χ2v) is 5.11. The van der Waals surface area contributed by atoms with Crippen molar-refractivity contribution < 1.29 is 0 Å². The number of hydrogen-bond acceptors (Lipinski definition) is 3. The second kappa shape index (κ2) is 6.34. The van der Waals surface area contributed by atoms with Gasteiger partial charge in [0.05, 0.1) is 0 Å². The van der Waals surface area contributed by atoms with Gasteiger partial charge in [0.1, 0.15) is 5.15 Å². The third kappa shape index (κ3) is 3.66. The smallest absolute Gasteiger partial charge is 0.133 e. The van der Waals surface area contributed by atoms with Gasteiger partial charge in [-0.15, -0.1) is 0 Å². The van der Waals surface area contributed by atoms with Gasteiger partial charge >= 0.3 is 0 Å². The molecule has 1 fully saturated rings. The molecule has 0 aromatic carbocycles. The summed E-state index contributed by atoms with van der Waals surface area (Å²) in [5, 5.41) is 0.636. The number of nitrogens with two attached hydrogens (primary N) is 1. The van der Waals surface area contributed by atoms with Crippen molar-refractivity contribution in [3.05, 3.63) is 29.0 Å². The monoisotopic (exact) mass is 253 g/mol. The first-order valence-corrected chi connectivity index (χ1v) is 6.69. The Labute approximate surface area is 108 Å². The maximum Gasteiger partial charge on any atom is 0.133 e. The molecule has 4 heteroatoms.